The van der Waals surface area contributed by atoms with Crippen LogP contribution in [0.3, 0.4) is 0 Å². The lowest BCUT2D eigenvalue weighted by Gasteiger charge is -1.74. The molecule has 0 aromatic rings. The fourth-order valence-electron chi connectivity index (χ4n) is 0. The third kappa shape index (κ3) is 9.19. The smallest absolute Gasteiger partial charge is 0 e. The van der Waals surface area contributed by atoms with Crippen LogP contribution in [0.4, 0.5) is 0 Å². The summed E-state index contributed by atoms with van der Waals surface area (Å²) in [4.78, 5) is 0. The van der Waals surface area contributed by atoms with E-state index in [1.54, 1.807) is 0 Å². The Morgan fingerprint density at radius 1 is 1.33 bits per heavy atom. The summed E-state index contributed by atoms with van der Waals surface area (Å²) in [5.74, 6) is 0. The molecule has 1 heteroatoms. The Bertz CT molecular complexity index is 41.9. The molecule has 0 N–H and O–H groups in total. The number of rotatable bonds is 0. The summed E-state index contributed by atoms with van der Waals surface area (Å²) in [6.45, 7) is 6.20. The number of hydrogen-bond donors (Lipinski definition) is 0. The summed E-state index contributed by atoms with van der Waals surface area (Å²) in [5, 5.41) is 0. The van der Waals surface area contributed by atoms with Crippen LogP contribution in [0.15, 0.2) is 11.6 Å². The average Bonchev–Trinajstić information content (AvgIpc) is 1.38. The minimum atomic E-state index is 0. The Hall–Kier alpha value is -0.195. The summed E-state index contributed by atoms with van der Waals surface area (Å²) >= 11 is 0. The van der Waals surface area contributed by atoms with Crippen LogP contribution in [0.1, 0.15) is 20.8 Å². The van der Waals surface area contributed by atoms with E-state index >= 15 is 0 Å². The van der Waals surface area contributed by atoms with Gasteiger partial charge in [-0.25, -0.2) is 0 Å². The van der Waals surface area contributed by atoms with E-state index in [1.807, 2.05) is 6.92 Å². The molecule has 0 spiro atoms. The van der Waals surface area contributed by atoms with Gasteiger partial charge in [0.05, 0.1) is 0 Å². The Balaban J connectivity index is 0. The van der Waals surface area contributed by atoms with Crippen molar-refractivity contribution in [1.82, 2.24) is 0 Å². The van der Waals surface area contributed by atoms with Crippen molar-refractivity contribution in [2.45, 2.75) is 20.8 Å². The van der Waals surface area contributed by atoms with Crippen LogP contribution in [-0.2, 0) is 0 Å². The largest absolute Gasteiger partial charge is 0.0890 e. The van der Waals surface area contributed by atoms with Crippen LogP contribution in [0.5, 0.6) is 0 Å². The van der Waals surface area contributed by atoms with E-state index in [2.05, 4.69) is 19.9 Å². The quantitative estimate of drug-likeness (QED) is 0.307. The molecule has 0 fully saturated rings. The topological polar surface area (TPSA) is 0 Å². The van der Waals surface area contributed by atoms with Gasteiger partial charge in [0, 0.05) is 8.41 Å². The zero-order chi connectivity index (χ0) is 4.28. The molecule has 0 atom stereocenters. The predicted octanol–water partition coefficient (Wildman–Crippen LogP) is 1.59. The van der Waals surface area contributed by atoms with E-state index < -0.39 is 0 Å². The van der Waals surface area contributed by atoms with Gasteiger partial charge in [-0.1, -0.05) is 11.6 Å². The van der Waals surface area contributed by atoms with E-state index in [9.17, 15) is 0 Å². The molecule has 0 heterocycles. The lowest BCUT2D eigenvalue weighted by molar-refractivity contribution is 1.36. The Morgan fingerprint density at radius 3 is 1.50 bits per heavy atom. The van der Waals surface area contributed by atoms with Gasteiger partial charge in [-0.15, -0.1) is 0 Å². The molecule has 0 rings (SSSR count). The second-order valence-corrected chi connectivity index (χ2v) is 1.37. The average molecular weight is 80.9 g/mol. The fraction of sp³-hybridized carbons (Fsp3) is 0.600. The molecule has 0 bridgehead atoms. The Morgan fingerprint density at radius 2 is 1.50 bits per heavy atom. The van der Waals surface area contributed by atoms with Crippen molar-refractivity contribution >= 4 is 8.41 Å². The Kier molecular flexibility index (Phi) is 7.41. The lowest BCUT2D eigenvalue weighted by Crippen LogP contribution is -1.52. The maximum Gasteiger partial charge on any atom is 0 e. The van der Waals surface area contributed by atoms with Crippen molar-refractivity contribution in [2.75, 3.05) is 0 Å². The summed E-state index contributed by atoms with van der Waals surface area (Å²) in [5.41, 5.74) is 1.38. The van der Waals surface area contributed by atoms with Crippen molar-refractivity contribution in [3.05, 3.63) is 11.6 Å². The normalized spacial score (nSPS) is 5.83. The predicted molar refractivity (Wildman–Crippen MR) is 30.9 cm³/mol. The van der Waals surface area contributed by atoms with Gasteiger partial charge >= 0.3 is 0 Å². The zero-order valence-electron chi connectivity index (χ0n) is 4.65. The second kappa shape index (κ2) is 4.80. The molecule has 0 saturated carbocycles. The molecule has 0 unspecified atom stereocenters. The van der Waals surface area contributed by atoms with Crippen LogP contribution in [0.2, 0.25) is 0 Å². The molecular weight excluding hydrogens is 70.9 g/mol. The van der Waals surface area contributed by atoms with Crippen LogP contribution < -0.4 is 0 Å². The van der Waals surface area contributed by atoms with Gasteiger partial charge in [-0.05, 0) is 20.8 Å². The number of hydrogen-bond acceptors (Lipinski definition) is 0. The summed E-state index contributed by atoms with van der Waals surface area (Å²) in [6, 6.07) is 0. The SMILES string of the molecule is CC=C(C)C.[B]. The van der Waals surface area contributed by atoms with E-state index in [1.165, 1.54) is 5.57 Å². The van der Waals surface area contributed by atoms with Crippen molar-refractivity contribution in [2.24, 2.45) is 0 Å². The second-order valence-electron chi connectivity index (χ2n) is 1.37. The molecule has 6 heavy (non-hydrogen) atoms. The molecule has 0 aliphatic heterocycles. The summed E-state index contributed by atoms with van der Waals surface area (Å²) in [7, 11) is 0. The zero-order valence-corrected chi connectivity index (χ0v) is 4.65. The maximum absolute atomic E-state index is 2.08. The van der Waals surface area contributed by atoms with Crippen LogP contribution in [0, 0.1) is 0 Å². The first kappa shape index (κ1) is 9.26. The van der Waals surface area contributed by atoms with Crippen LogP contribution in [-0.4, -0.2) is 8.41 Å². The third-order valence-corrected chi connectivity index (χ3v) is 0.577. The van der Waals surface area contributed by atoms with E-state index in [-0.39, 0.29) is 8.41 Å². The van der Waals surface area contributed by atoms with E-state index in [0.29, 0.717) is 0 Å². The molecule has 0 amide bonds. The number of allylic oxidation sites excluding steroid dienone is 2. The van der Waals surface area contributed by atoms with E-state index in [0.717, 1.165) is 0 Å². The van der Waals surface area contributed by atoms with Gasteiger partial charge in [-0.2, -0.15) is 0 Å². The van der Waals surface area contributed by atoms with Crippen molar-refractivity contribution in [3.63, 3.8) is 0 Å². The van der Waals surface area contributed by atoms with Gasteiger partial charge in [0.2, 0.25) is 0 Å². The van der Waals surface area contributed by atoms with Gasteiger partial charge in [0.1, 0.15) is 0 Å². The van der Waals surface area contributed by atoms with E-state index in [4.69, 9.17) is 0 Å². The van der Waals surface area contributed by atoms with Crippen LogP contribution >= 0.6 is 0 Å². The van der Waals surface area contributed by atoms with Crippen molar-refractivity contribution < 1.29 is 0 Å². The van der Waals surface area contributed by atoms with Crippen molar-refractivity contribution in [3.8, 4) is 0 Å². The standard InChI is InChI=1S/C5H10.B/c1-4-5(2)3;/h4H,1-3H3;. The Labute approximate surface area is 41.8 Å². The molecule has 0 aromatic heterocycles. The molecule has 0 aromatic carbocycles. The summed E-state index contributed by atoms with van der Waals surface area (Å²) in [6.07, 6.45) is 2.08. The first-order valence-corrected chi connectivity index (χ1v) is 1.87. The van der Waals surface area contributed by atoms with Gasteiger partial charge < -0.3 is 0 Å². The fourth-order valence-corrected chi connectivity index (χ4v) is 0. The first-order valence-electron chi connectivity index (χ1n) is 1.87. The van der Waals surface area contributed by atoms with Crippen molar-refractivity contribution in [1.29, 1.82) is 0 Å². The monoisotopic (exact) mass is 81.1 g/mol. The highest BCUT2D eigenvalue weighted by Gasteiger charge is 1.60. The van der Waals surface area contributed by atoms with Gasteiger partial charge in [-0.3, -0.25) is 0 Å². The highest BCUT2D eigenvalue weighted by molar-refractivity contribution is 5.75. The van der Waals surface area contributed by atoms with Crippen LogP contribution in [0.25, 0.3) is 0 Å². The third-order valence-electron chi connectivity index (χ3n) is 0.577. The maximum atomic E-state index is 2.08. The molecule has 3 radical (unpaired) electrons. The first-order chi connectivity index (χ1) is 2.27. The van der Waals surface area contributed by atoms with Gasteiger partial charge in [0.25, 0.3) is 0 Å². The molecular formula is C5H10B. The summed E-state index contributed by atoms with van der Waals surface area (Å²) < 4.78 is 0. The lowest BCUT2D eigenvalue weighted by atomic mass is 10.3. The molecule has 0 saturated heterocycles. The van der Waals surface area contributed by atoms with Gasteiger partial charge in [0.15, 0.2) is 0 Å². The molecule has 0 aliphatic carbocycles. The minimum Gasteiger partial charge on any atom is -0.0890 e. The minimum absolute atomic E-state index is 0. The highest BCUT2D eigenvalue weighted by atomic mass is 13.7. The molecule has 0 nitrogen and oxygen atoms in total. The molecule has 33 valence electrons. The molecule has 0 aliphatic rings. The highest BCUT2D eigenvalue weighted by Crippen LogP contribution is 1.82.